The number of ether oxygens (including phenoxy) is 1. The molecule has 0 aromatic heterocycles. The van der Waals surface area contributed by atoms with Crippen LogP contribution in [0.2, 0.25) is 0 Å². The molecule has 2 aliphatic heterocycles. The van der Waals surface area contributed by atoms with E-state index in [1.165, 1.54) is 12.0 Å². The molecule has 2 aliphatic carbocycles. The van der Waals surface area contributed by atoms with Crippen molar-refractivity contribution in [3.05, 3.63) is 126 Å². The SMILES string of the molecule is COc1cc([C@H]2C3=CC[C@@H]4C(=O)N(c5ccc(I)cc5)C(=O)[C@@H]4[C@@H]3C[C@H]3C(=O)N(Nc4ccc(C)cc4)C(=O)[C@@]23c2ccccc2)cc(I)c1O. The van der Waals surface area contributed by atoms with Crippen molar-refractivity contribution < 1.29 is 29.0 Å². The number of carbonyl (C=O) groups excluding carboxylic acids is 4. The Balaban J connectivity index is 1.34. The van der Waals surface area contributed by atoms with Crippen LogP contribution in [0.5, 0.6) is 11.5 Å². The third-order valence-corrected chi connectivity index (χ3v) is 12.6. The minimum Gasteiger partial charge on any atom is -0.504 e. The number of rotatable bonds is 6. The number of aryl methyl sites for hydroxylation is 1. The number of imide groups is 2. The van der Waals surface area contributed by atoms with Gasteiger partial charge in [-0.15, -0.1) is 0 Å². The number of phenolic OH excluding ortho intramolecular Hbond substituents is 1. The van der Waals surface area contributed by atoms with Gasteiger partial charge in [-0.25, -0.2) is 0 Å². The lowest BCUT2D eigenvalue weighted by Crippen LogP contribution is -2.53. The average Bonchev–Trinajstić information content (AvgIpc) is 3.51. The lowest BCUT2D eigenvalue weighted by molar-refractivity contribution is -0.138. The predicted octanol–water partition coefficient (Wildman–Crippen LogP) is 7.11. The Morgan fingerprint density at radius 1 is 0.863 bits per heavy atom. The summed E-state index contributed by atoms with van der Waals surface area (Å²) in [5, 5.41) is 12.1. The molecule has 9 nitrogen and oxygen atoms in total. The van der Waals surface area contributed by atoms with Gasteiger partial charge in [-0.3, -0.25) is 29.5 Å². The van der Waals surface area contributed by atoms with Crippen LogP contribution in [0.1, 0.15) is 35.4 Å². The highest BCUT2D eigenvalue weighted by molar-refractivity contribution is 14.1. The quantitative estimate of drug-likeness (QED) is 0.121. The fourth-order valence-electron chi connectivity index (χ4n) is 8.88. The lowest BCUT2D eigenvalue weighted by atomic mass is 9.49. The van der Waals surface area contributed by atoms with Crippen LogP contribution >= 0.6 is 45.2 Å². The molecular formula is C40H33I2N3O6. The molecule has 258 valence electrons. The number of carbonyl (C=O) groups is 4. The Morgan fingerprint density at radius 2 is 1.57 bits per heavy atom. The third kappa shape index (κ3) is 5.12. The number of hydrazine groups is 1. The number of nitrogens with zero attached hydrogens (tertiary/aromatic N) is 2. The largest absolute Gasteiger partial charge is 0.504 e. The number of hydrogen-bond acceptors (Lipinski definition) is 7. The molecule has 0 bridgehead atoms. The first-order valence-electron chi connectivity index (χ1n) is 16.7. The summed E-state index contributed by atoms with van der Waals surface area (Å²) in [5.41, 5.74) is 6.02. The molecule has 11 heteroatoms. The molecule has 2 heterocycles. The van der Waals surface area contributed by atoms with Gasteiger partial charge in [-0.2, -0.15) is 5.01 Å². The van der Waals surface area contributed by atoms with E-state index in [1.54, 1.807) is 18.2 Å². The number of hydrogen-bond donors (Lipinski definition) is 2. The first-order valence-corrected chi connectivity index (χ1v) is 18.9. The molecule has 8 rings (SSSR count). The van der Waals surface area contributed by atoms with Crippen LogP contribution in [0, 0.1) is 37.7 Å². The molecule has 4 amide bonds. The molecule has 4 aliphatic rings. The molecule has 51 heavy (non-hydrogen) atoms. The smallest absolute Gasteiger partial charge is 0.260 e. The number of anilines is 2. The van der Waals surface area contributed by atoms with Gasteiger partial charge in [-0.05, 0) is 131 Å². The predicted molar refractivity (Wildman–Crippen MR) is 208 cm³/mol. The molecule has 3 fully saturated rings. The van der Waals surface area contributed by atoms with Gasteiger partial charge in [0.15, 0.2) is 11.5 Å². The molecule has 6 atom stereocenters. The van der Waals surface area contributed by atoms with Gasteiger partial charge in [0.2, 0.25) is 11.8 Å². The second kappa shape index (κ2) is 12.8. The zero-order valence-corrected chi connectivity index (χ0v) is 32.0. The summed E-state index contributed by atoms with van der Waals surface area (Å²) in [7, 11) is 1.47. The molecular weight excluding hydrogens is 872 g/mol. The molecule has 2 N–H and O–H groups in total. The lowest BCUT2D eigenvalue weighted by Gasteiger charge is -2.50. The average molecular weight is 906 g/mol. The Morgan fingerprint density at radius 3 is 2.25 bits per heavy atom. The van der Waals surface area contributed by atoms with E-state index >= 15 is 4.79 Å². The number of halogens is 2. The summed E-state index contributed by atoms with van der Waals surface area (Å²) in [6.45, 7) is 1.96. The second-order valence-corrected chi connectivity index (χ2v) is 16.0. The maximum Gasteiger partial charge on any atom is 0.260 e. The van der Waals surface area contributed by atoms with Gasteiger partial charge in [0.25, 0.3) is 11.8 Å². The molecule has 2 saturated heterocycles. The topological polar surface area (TPSA) is 116 Å². The van der Waals surface area contributed by atoms with Gasteiger partial charge < -0.3 is 9.84 Å². The van der Waals surface area contributed by atoms with E-state index in [9.17, 15) is 19.5 Å². The molecule has 1 saturated carbocycles. The highest BCUT2D eigenvalue weighted by Gasteiger charge is 2.70. The van der Waals surface area contributed by atoms with Crippen molar-refractivity contribution in [2.45, 2.75) is 31.1 Å². The summed E-state index contributed by atoms with van der Waals surface area (Å²) in [6.07, 6.45) is 2.54. The van der Waals surface area contributed by atoms with Crippen LogP contribution in [0.4, 0.5) is 11.4 Å². The van der Waals surface area contributed by atoms with E-state index in [2.05, 4.69) is 28.0 Å². The van der Waals surface area contributed by atoms with Gasteiger partial charge in [0.1, 0.15) is 0 Å². The summed E-state index contributed by atoms with van der Waals surface area (Å²) < 4.78 is 7.12. The van der Waals surface area contributed by atoms with Crippen molar-refractivity contribution in [3.63, 3.8) is 0 Å². The zero-order chi connectivity index (χ0) is 35.8. The van der Waals surface area contributed by atoms with E-state index in [0.29, 0.717) is 32.5 Å². The maximum atomic E-state index is 15.3. The Kier molecular flexibility index (Phi) is 8.48. The van der Waals surface area contributed by atoms with Crippen molar-refractivity contribution in [2.75, 3.05) is 17.4 Å². The minimum absolute atomic E-state index is 0.0292. The van der Waals surface area contributed by atoms with Gasteiger partial charge in [-0.1, -0.05) is 59.7 Å². The van der Waals surface area contributed by atoms with Crippen molar-refractivity contribution >= 4 is 80.2 Å². The summed E-state index contributed by atoms with van der Waals surface area (Å²) >= 11 is 4.23. The fraction of sp³-hybridized carbons (Fsp3) is 0.250. The number of allylic oxidation sites excluding steroid dienone is 2. The number of aromatic hydroxyl groups is 1. The first-order chi connectivity index (χ1) is 24.6. The Labute approximate surface area is 322 Å². The minimum atomic E-state index is -1.42. The van der Waals surface area contributed by atoms with Crippen LogP contribution < -0.4 is 15.1 Å². The Bertz CT molecular complexity index is 2140. The number of methoxy groups -OCH3 is 1. The van der Waals surface area contributed by atoms with Crippen LogP contribution in [0.25, 0.3) is 0 Å². The van der Waals surface area contributed by atoms with Crippen molar-refractivity contribution in [2.24, 2.45) is 23.7 Å². The highest BCUT2D eigenvalue weighted by atomic mass is 127. The second-order valence-electron chi connectivity index (χ2n) is 13.6. The van der Waals surface area contributed by atoms with Crippen molar-refractivity contribution in [3.8, 4) is 11.5 Å². The van der Waals surface area contributed by atoms with Crippen LogP contribution in [0.15, 0.2) is 103 Å². The van der Waals surface area contributed by atoms with Gasteiger partial charge in [0, 0.05) is 9.49 Å². The monoisotopic (exact) mass is 905 g/mol. The van der Waals surface area contributed by atoms with Crippen LogP contribution in [-0.4, -0.2) is 40.9 Å². The zero-order valence-electron chi connectivity index (χ0n) is 27.7. The summed E-state index contributed by atoms with van der Waals surface area (Å²) in [5.74, 6) is -4.59. The maximum absolute atomic E-state index is 15.3. The molecule has 4 aromatic carbocycles. The van der Waals surface area contributed by atoms with E-state index in [0.717, 1.165) is 19.7 Å². The van der Waals surface area contributed by atoms with Gasteiger partial charge in [0.05, 0.1) is 45.2 Å². The van der Waals surface area contributed by atoms with E-state index in [4.69, 9.17) is 4.74 Å². The first kappa shape index (κ1) is 33.9. The summed E-state index contributed by atoms with van der Waals surface area (Å²) in [4.78, 5) is 60.0. The number of nitrogens with one attached hydrogen (secondary N) is 1. The van der Waals surface area contributed by atoms with E-state index in [-0.39, 0.29) is 29.7 Å². The van der Waals surface area contributed by atoms with Crippen LogP contribution in [0.3, 0.4) is 0 Å². The fourth-order valence-corrected chi connectivity index (χ4v) is 9.87. The Hall–Kier alpha value is -4.24. The van der Waals surface area contributed by atoms with Crippen molar-refractivity contribution in [1.82, 2.24) is 5.01 Å². The number of amides is 4. The third-order valence-electron chi connectivity index (χ3n) is 11.1. The summed E-state index contributed by atoms with van der Waals surface area (Å²) in [6, 6.07) is 27.7. The molecule has 0 unspecified atom stereocenters. The molecule has 0 spiro atoms. The van der Waals surface area contributed by atoms with Gasteiger partial charge >= 0.3 is 0 Å². The van der Waals surface area contributed by atoms with E-state index in [1.807, 2.05) is 108 Å². The highest BCUT2D eigenvalue weighted by Crippen LogP contribution is 2.64. The van der Waals surface area contributed by atoms with Crippen molar-refractivity contribution in [1.29, 1.82) is 0 Å². The number of phenols is 1. The number of benzene rings is 4. The normalized spacial score (nSPS) is 26.8. The van der Waals surface area contributed by atoms with Crippen LogP contribution in [-0.2, 0) is 24.6 Å². The number of fused-ring (bicyclic) bond motifs is 4. The molecule has 4 aromatic rings. The molecule has 0 radical (unpaired) electrons. The van der Waals surface area contributed by atoms with E-state index < -0.39 is 46.8 Å². The standard InChI is InChI=1S/C40H33I2N3O6/c1-21-8-12-25(13-9-21)43-45-37(48)30-20-29-27(16-17-28-33(29)38(49)44(36(28)47)26-14-10-24(41)11-15-26)34(22-18-31(42)35(46)32(19-22)51-2)40(30,39(45)50)23-6-4-3-5-7-23/h3-16,18-19,28-30,33-34,43,46H,17,20H2,1-2H3/t28-,29+,30-,33-,34-,40+/m0/s1.